The molecule has 0 aliphatic rings. The predicted octanol–water partition coefficient (Wildman–Crippen LogP) is 2.02. The molecular weight excluding hydrogens is 216 g/mol. The third-order valence-electron chi connectivity index (χ3n) is 2.22. The number of ether oxygens (including phenoxy) is 1. The maximum atomic E-state index is 11.2. The third-order valence-corrected chi connectivity index (χ3v) is 2.22. The van der Waals surface area contributed by atoms with Crippen molar-refractivity contribution in [1.29, 1.82) is 0 Å². The molecule has 0 fully saturated rings. The Morgan fingerprint density at radius 1 is 1.24 bits per heavy atom. The molecule has 0 heterocycles. The van der Waals surface area contributed by atoms with Crippen molar-refractivity contribution in [3.63, 3.8) is 0 Å². The number of amides is 1. The molecular formula is C13H20N2O2. The molecule has 0 atom stereocenters. The summed E-state index contributed by atoms with van der Waals surface area (Å²) in [5.74, 6) is 0.938. The van der Waals surface area contributed by atoms with Crippen LogP contribution in [0.4, 0.5) is 5.69 Å². The molecule has 1 amide bonds. The fourth-order valence-electron chi connectivity index (χ4n) is 1.44. The van der Waals surface area contributed by atoms with Gasteiger partial charge in [-0.2, -0.15) is 0 Å². The van der Waals surface area contributed by atoms with Crippen LogP contribution >= 0.6 is 0 Å². The van der Waals surface area contributed by atoms with Crippen molar-refractivity contribution in [1.82, 2.24) is 5.32 Å². The van der Waals surface area contributed by atoms with E-state index in [0.717, 1.165) is 11.4 Å². The molecule has 0 radical (unpaired) electrons. The zero-order valence-electron chi connectivity index (χ0n) is 10.5. The molecule has 1 rings (SSSR count). The normalized spacial score (nSPS) is 9.76. The number of carbonyl (C=O) groups excluding carboxylic acids is 1. The van der Waals surface area contributed by atoms with Crippen LogP contribution in [-0.4, -0.2) is 25.6 Å². The van der Waals surface area contributed by atoms with Crippen LogP contribution in [0.2, 0.25) is 0 Å². The molecule has 0 aliphatic heterocycles. The molecule has 0 saturated heterocycles. The molecule has 0 spiro atoms. The average Bonchev–Trinajstić information content (AvgIpc) is 2.32. The topological polar surface area (TPSA) is 50.4 Å². The summed E-state index contributed by atoms with van der Waals surface area (Å²) >= 11 is 0. The molecule has 0 aliphatic carbocycles. The van der Waals surface area contributed by atoms with Crippen molar-refractivity contribution in [2.75, 3.05) is 25.0 Å². The fourth-order valence-corrected chi connectivity index (χ4v) is 1.44. The van der Waals surface area contributed by atoms with E-state index in [0.29, 0.717) is 26.1 Å². The Balaban J connectivity index is 2.29. The summed E-state index contributed by atoms with van der Waals surface area (Å²) in [6.45, 7) is 5.86. The van der Waals surface area contributed by atoms with Crippen molar-refractivity contribution in [2.45, 2.75) is 20.3 Å². The fraction of sp³-hybridized carbons (Fsp3) is 0.462. The summed E-state index contributed by atoms with van der Waals surface area (Å²) in [5, 5.41) is 5.95. The quantitative estimate of drug-likeness (QED) is 0.761. The van der Waals surface area contributed by atoms with Gasteiger partial charge in [0.15, 0.2) is 0 Å². The largest absolute Gasteiger partial charge is 0.494 e. The molecule has 1 aromatic carbocycles. The number of benzene rings is 1. The third kappa shape index (κ3) is 5.24. The highest BCUT2D eigenvalue weighted by Crippen LogP contribution is 2.15. The molecule has 0 unspecified atom stereocenters. The summed E-state index contributed by atoms with van der Waals surface area (Å²) in [7, 11) is 0. The first-order valence-electron chi connectivity index (χ1n) is 5.99. The first-order valence-corrected chi connectivity index (χ1v) is 5.99. The molecule has 0 aromatic heterocycles. The summed E-state index contributed by atoms with van der Waals surface area (Å²) < 4.78 is 5.34. The van der Waals surface area contributed by atoms with Gasteiger partial charge in [-0.25, -0.2) is 0 Å². The van der Waals surface area contributed by atoms with Crippen LogP contribution in [0.5, 0.6) is 5.75 Å². The minimum atomic E-state index is 0.0749. The van der Waals surface area contributed by atoms with E-state index < -0.39 is 0 Å². The number of hydrogen-bond donors (Lipinski definition) is 2. The monoisotopic (exact) mass is 236 g/mol. The highest BCUT2D eigenvalue weighted by Gasteiger charge is 1.99. The predicted molar refractivity (Wildman–Crippen MR) is 69.4 cm³/mol. The lowest BCUT2D eigenvalue weighted by atomic mass is 10.3. The number of hydrogen-bond acceptors (Lipinski definition) is 3. The van der Waals surface area contributed by atoms with E-state index in [-0.39, 0.29) is 5.91 Å². The second kappa shape index (κ2) is 7.54. The van der Waals surface area contributed by atoms with Crippen LogP contribution in [0.15, 0.2) is 24.3 Å². The van der Waals surface area contributed by atoms with Crippen molar-refractivity contribution < 1.29 is 9.53 Å². The van der Waals surface area contributed by atoms with Crippen molar-refractivity contribution in [3.05, 3.63) is 24.3 Å². The summed E-state index contributed by atoms with van der Waals surface area (Å²) in [4.78, 5) is 11.2. The zero-order valence-corrected chi connectivity index (χ0v) is 10.5. The number of anilines is 1. The van der Waals surface area contributed by atoms with E-state index in [1.54, 1.807) is 0 Å². The van der Waals surface area contributed by atoms with E-state index in [9.17, 15) is 4.79 Å². The number of rotatable bonds is 7. The summed E-state index contributed by atoms with van der Waals surface area (Å²) in [5.41, 5.74) is 0.998. The maximum Gasteiger partial charge on any atom is 0.221 e. The molecule has 17 heavy (non-hydrogen) atoms. The van der Waals surface area contributed by atoms with Crippen LogP contribution in [0, 0.1) is 0 Å². The lowest BCUT2D eigenvalue weighted by Crippen LogP contribution is -2.24. The first kappa shape index (κ1) is 13.4. The van der Waals surface area contributed by atoms with Gasteiger partial charge >= 0.3 is 0 Å². The van der Waals surface area contributed by atoms with Gasteiger partial charge in [0.05, 0.1) is 6.61 Å². The second-order valence-electron chi connectivity index (χ2n) is 3.59. The summed E-state index contributed by atoms with van der Waals surface area (Å²) in [6, 6.07) is 7.72. The minimum absolute atomic E-state index is 0.0749. The Kier molecular flexibility index (Phi) is 5.93. The van der Waals surface area contributed by atoms with E-state index in [2.05, 4.69) is 10.6 Å². The van der Waals surface area contributed by atoms with Crippen LogP contribution in [0.25, 0.3) is 0 Å². The SMILES string of the molecule is CCNC(=O)CCNc1ccc(OCC)cc1. The number of nitrogens with one attached hydrogen (secondary N) is 2. The molecule has 0 saturated carbocycles. The Labute approximate surface area is 102 Å². The van der Waals surface area contributed by atoms with Crippen LogP contribution in [0.1, 0.15) is 20.3 Å². The summed E-state index contributed by atoms with van der Waals surface area (Å²) in [6.07, 6.45) is 0.487. The van der Waals surface area contributed by atoms with Gasteiger partial charge < -0.3 is 15.4 Å². The molecule has 2 N–H and O–H groups in total. The van der Waals surface area contributed by atoms with Gasteiger partial charge in [-0.1, -0.05) is 0 Å². The number of carbonyl (C=O) groups is 1. The van der Waals surface area contributed by atoms with Gasteiger partial charge in [-0.05, 0) is 38.1 Å². The maximum absolute atomic E-state index is 11.2. The van der Waals surface area contributed by atoms with Crippen LogP contribution in [-0.2, 0) is 4.79 Å². The Morgan fingerprint density at radius 2 is 1.94 bits per heavy atom. The molecule has 0 bridgehead atoms. The second-order valence-corrected chi connectivity index (χ2v) is 3.59. The van der Waals surface area contributed by atoms with Gasteiger partial charge in [0.1, 0.15) is 5.75 Å². The Hall–Kier alpha value is -1.71. The van der Waals surface area contributed by atoms with Crippen molar-refractivity contribution in [2.24, 2.45) is 0 Å². The smallest absolute Gasteiger partial charge is 0.221 e. The Morgan fingerprint density at radius 3 is 2.53 bits per heavy atom. The average molecular weight is 236 g/mol. The molecule has 94 valence electrons. The van der Waals surface area contributed by atoms with Gasteiger partial charge in [0, 0.05) is 25.2 Å². The molecule has 4 heteroatoms. The first-order chi connectivity index (χ1) is 8.26. The van der Waals surface area contributed by atoms with E-state index in [4.69, 9.17) is 4.74 Å². The van der Waals surface area contributed by atoms with E-state index >= 15 is 0 Å². The van der Waals surface area contributed by atoms with Crippen molar-refractivity contribution >= 4 is 11.6 Å². The van der Waals surface area contributed by atoms with Gasteiger partial charge in [0.2, 0.25) is 5.91 Å². The molecule has 4 nitrogen and oxygen atoms in total. The van der Waals surface area contributed by atoms with Gasteiger partial charge in [0.25, 0.3) is 0 Å². The van der Waals surface area contributed by atoms with Crippen molar-refractivity contribution in [3.8, 4) is 5.75 Å². The standard InChI is InChI=1S/C13H20N2O2/c1-3-14-13(16)9-10-15-11-5-7-12(8-6-11)17-4-2/h5-8,15H,3-4,9-10H2,1-2H3,(H,14,16). The Bertz CT molecular complexity index is 336. The molecule has 1 aromatic rings. The zero-order chi connectivity index (χ0) is 12.5. The highest BCUT2D eigenvalue weighted by atomic mass is 16.5. The van der Waals surface area contributed by atoms with Crippen LogP contribution < -0.4 is 15.4 Å². The highest BCUT2D eigenvalue weighted by molar-refractivity contribution is 5.76. The van der Waals surface area contributed by atoms with E-state index in [1.165, 1.54) is 0 Å². The van der Waals surface area contributed by atoms with E-state index in [1.807, 2.05) is 38.1 Å². The minimum Gasteiger partial charge on any atom is -0.494 e. The van der Waals surface area contributed by atoms with Crippen LogP contribution in [0.3, 0.4) is 0 Å². The van der Waals surface area contributed by atoms with Gasteiger partial charge in [-0.3, -0.25) is 4.79 Å². The van der Waals surface area contributed by atoms with Gasteiger partial charge in [-0.15, -0.1) is 0 Å². The lowest BCUT2D eigenvalue weighted by molar-refractivity contribution is -0.120. The lowest BCUT2D eigenvalue weighted by Gasteiger charge is -2.07.